The molecule has 0 radical (unpaired) electrons. The second-order valence-corrected chi connectivity index (χ2v) is 3.91. The summed E-state index contributed by atoms with van der Waals surface area (Å²) >= 11 is 0. The lowest BCUT2D eigenvalue weighted by Gasteiger charge is -2.34. The van der Waals surface area contributed by atoms with E-state index in [2.05, 4.69) is 4.98 Å². The van der Waals surface area contributed by atoms with Crippen LogP contribution < -0.4 is 16.4 Å². The number of nitrogens with two attached hydrogens (primary N) is 2. The highest BCUT2D eigenvalue weighted by Gasteiger charge is 2.28. The minimum atomic E-state index is -0.454. The van der Waals surface area contributed by atoms with E-state index in [-0.39, 0.29) is 0 Å². The van der Waals surface area contributed by atoms with Gasteiger partial charge in [0, 0.05) is 19.3 Å². The molecule has 92 valence electrons. The Morgan fingerprint density at radius 1 is 1.65 bits per heavy atom. The van der Waals surface area contributed by atoms with Crippen LogP contribution in [0.25, 0.3) is 0 Å². The zero-order valence-corrected chi connectivity index (χ0v) is 9.50. The van der Waals surface area contributed by atoms with Crippen LogP contribution in [0.5, 0.6) is 0 Å². The minimum absolute atomic E-state index is 0.309. The van der Waals surface area contributed by atoms with E-state index in [9.17, 15) is 4.79 Å². The molecule has 0 saturated carbocycles. The number of anilines is 1. The number of nitrogens with zero attached hydrogens (tertiary/aromatic N) is 2. The van der Waals surface area contributed by atoms with Crippen LogP contribution in [-0.2, 0) is 16.1 Å². The molecule has 0 bridgehead atoms. The van der Waals surface area contributed by atoms with Gasteiger partial charge in [-0.25, -0.2) is 4.98 Å². The average molecular weight is 236 g/mol. The summed E-state index contributed by atoms with van der Waals surface area (Å²) in [6.07, 6.45) is 1.69. The Bertz CT molecular complexity index is 410. The molecule has 1 unspecified atom stereocenters. The lowest BCUT2D eigenvalue weighted by molar-refractivity contribution is -0.121. The van der Waals surface area contributed by atoms with Crippen molar-refractivity contribution in [2.24, 2.45) is 11.5 Å². The lowest BCUT2D eigenvalue weighted by Crippen LogP contribution is -2.53. The number of pyridine rings is 1. The van der Waals surface area contributed by atoms with Crippen molar-refractivity contribution >= 4 is 11.7 Å². The molecule has 1 saturated heterocycles. The number of carbonyl (C=O) groups excluding carboxylic acids is 1. The molecule has 0 aromatic carbocycles. The molecule has 0 spiro atoms. The van der Waals surface area contributed by atoms with Crippen molar-refractivity contribution in [3.05, 3.63) is 23.9 Å². The van der Waals surface area contributed by atoms with E-state index in [4.69, 9.17) is 16.2 Å². The predicted octanol–water partition coefficient (Wildman–Crippen LogP) is -0.769. The van der Waals surface area contributed by atoms with E-state index < -0.39 is 11.9 Å². The van der Waals surface area contributed by atoms with Gasteiger partial charge in [0.25, 0.3) is 0 Å². The molecule has 1 aromatic rings. The summed E-state index contributed by atoms with van der Waals surface area (Å²) < 4.78 is 5.26. The van der Waals surface area contributed by atoms with Gasteiger partial charge in [0.15, 0.2) is 0 Å². The molecule has 2 rings (SSSR count). The van der Waals surface area contributed by atoms with Gasteiger partial charge >= 0.3 is 0 Å². The quantitative estimate of drug-likeness (QED) is 0.718. The van der Waals surface area contributed by atoms with Gasteiger partial charge in [-0.15, -0.1) is 0 Å². The van der Waals surface area contributed by atoms with Crippen molar-refractivity contribution < 1.29 is 9.53 Å². The van der Waals surface area contributed by atoms with E-state index >= 15 is 0 Å². The molecule has 1 aromatic heterocycles. The monoisotopic (exact) mass is 236 g/mol. The van der Waals surface area contributed by atoms with Crippen LogP contribution in [0.4, 0.5) is 5.82 Å². The number of carbonyl (C=O) groups is 1. The van der Waals surface area contributed by atoms with Crippen LogP contribution in [-0.4, -0.2) is 36.7 Å². The topological polar surface area (TPSA) is 94.5 Å². The Balaban J connectivity index is 2.26. The Morgan fingerprint density at radius 3 is 3.18 bits per heavy atom. The molecule has 1 aliphatic heterocycles. The van der Waals surface area contributed by atoms with Crippen LogP contribution in [0.1, 0.15) is 5.56 Å². The normalized spacial score (nSPS) is 20.3. The molecule has 6 nitrogen and oxygen atoms in total. The highest BCUT2D eigenvalue weighted by atomic mass is 16.5. The number of rotatable bonds is 3. The fourth-order valence-electron chi connectivity index (χ4n) is 1.86. The van der Waals surface area contributed by atoms with Crippen LogP contribution in [0.15, 0.2) is 18.3 Å². The number of ether oxygens (including phenoxy) is 1. The first kappa shape index (κ1) is 11.8. The highest BCUT2D eigenvalue weighted by molar-refractivity contribution is 5.83. The SMILES string of the molecule is NCc1ccnc(N2CCOCC2C(N)=O)c1. The van der Waals surface area contributed by atoms with Crippen LogP contribution >= 0.6 is 0 Å². The first-order valence-corrected chi connectivity index (χ1v) is 5.51. The Morgan fingerprint density at radius 2 is 2.47 bits per heavy atom. The fraction of sp³-hybridized carbons (Fsp3) is 0.455. The van der Waals surface area contributed by atoms with E-state index in [1.54, 1.807) is 6.20 Å². The summed E-state index contributed by atoms with van der Waals surface area (Å²) in [5, 5.41) is 0. The van der Waals surface area contributed by atoms with Crippen LogP contribution in [0.3, 0.4) is 0 Å². The maximum Gasteiger partial charge on any atom is 0.242 e. The van der Waals surface area contributed by atoms with Gasteiger partial charge < -0.3 is 21.1 Å². The summed E-state index contributed by atoms with van der Waals surface area (Å²) in [5.41, 5.74) is 11.9. The lowest BCUT2D eigenvalue weighted by atomic mass is 10.2. The summed E-state index contributed by atoms with van der Waals surface area (Å²) in [6.45, 7) is 1.93. The predicted molar refractivity (Wildman–Crippen MR) is 63.3 cm³/mol. The standard InChI is InChI=1S/C11H16N4O2/c12-6-8-1-2-14-10(5-8)15-3-4-17-7-9(15)11(13)16/h1-2,5,9H,3-4,6-7,12H2,(H2,13,16). The number of hydrogen-bond donors (Lipinski definition) is 2. The minimum Gasteiger partial charge on any atom is -0.377 e. The second-order valence-electron chi connectivity index (χ2n) is 3.91. The number of primary amides is 1. The van der Waals surface area contributed by atoms with Gasteiger partial charge in [-0.3, -0.25) is 4.79 Å². The maximum atomic E-state index is 11.3. The first-order valence-electron chi connectivity index (χ1n) is 5.51. The number of aromatic nitrogens is 1. The van der Waals surface area contributed by atoms with Crippen molar-refractivity contribution in [2.75, 3.05) is 24.7 Å². The number of amides is 1. The summed E-state index contributed by atoms with van der Waals surface area (Å²) in [4.78, 5) is 17.5. The van der Waals surface area contributed by atoms with Crippen molar-refractivity contribution in [2.45, 2.75) is 12.6 Å². The molecule has 6 heteroatoms. The van der Waals surface area contributed by atoms with Gasteiger partial charge in [0.2, 0.25) is 5.91 Å². The zero-order chi connectivity index (χ0) is 12.3. The summed E-state index contributed by atoms with van der Waals surface area (Å²) in [7, 11) is 0. The molecular formula is C11H16N4O2. The first-order chi connectivity index (χ1) is 8.22. The molecule has 1 aliphatic rings. The van der Waals surface area contributed by atoms with Crippen molar-refractivity contribution in [3.8, 4) is 0 Å². The van der Waals surface area contributed by atoms with Crippen molar-refractivity contribution in [1.82, 2.24) is 4.98 Å². The third-order valence-electron chi connectivity index (χ3n) is 2.80. The van der Waals surface area contributed by atoms with E-state index in [1.165, 1.54) is 0 Å². The van der Waals surface area contributed by atoms with Gasteiger partial charge in [0.1, 0.15) is 11.9 Å². The van der Waals surface area contributed by atoms with E-state index in [0.29, 0.717) is 26.3 Å². The Labute approximate surface area is 99.5 Å². The van der Waals surface area contributed by atoms with Crippen LogP contribution in [0, 0.1) is 0 Å². The molecule has 0 aliphatic carbocycles. The second kappa shape index (κ2) is 5.11. The summed E-state index contributed by atoms with van der Waals surface area (Å²) in [6, 6.07) is 3.27. The van der Waals surface area contributed by atoms with Gasteiger partial charge in [-0.2, -0.15) is 0 Å². The van der Waals surface area contributed by atoms with Gasteiger partial charge in [-0.05, 0) is 17.7 Å². The van der Waals surface area contributed by atoms with Crippen LogP contribution in [0.2, 0.25) is 0 Å². The third-order valence-corrected chi connectivity index (χ3v) is 2.80. The third kappa shape index (κ3) is 2.54. The molecule has 17 heavy (non-hydrogen) atoms. The van der Waals surface area contributed by atoms with Crippen molar-refractivity contribution in [1.29, 1.82) is 0 Å². The molecular weight excluding hydrogens is 220 g/mol. The largest absolute Gasteiger partial charge is 0.377 e. The number of hydrogen-bond acceptors (Lipinski definition) is 5. The molecule has 4 N–H and O–H groups in total. The molecule has 1 amide bonds. The van der Waals surface area contributed by atoms with E-state index in [0.717, 1.165) is 11.4 Å². The fourth-order valence-corrected chi connectivity index (χ4v) is 1.86. The Hall–Kier alpha value is -1.66. The highest BCUT2D eigenvalue weighted by Crippen LogP contribution is 2.18. The molecule has 1 atom stereocenters. The van der Waals surface area contributed by atoms with Crippen molar-refractivity contribution in [3.63, 3.8) is 0 Å². The summed E-state index contributed by atoms with van der Waals surface area (Å²) in [5.74, 6) is 0.324. The molecule has 1 fully saturated rings. The maximum absolute atomic E-state index is 11.3. The Kier molecular flexibility index (Phi) is 3.55. The zero-order valence-electron chi connectivity index (χ0n) is 9.50. The van der Waals surface area contributed by atoms with Gasteiger partial charge in [0.05, 0.1) is 13.2 Å². The molecule has 2 heterocycles. The smallest absolute Gasteiger partial charge is 0.242 e. The average Bonchev–Trinajstić information content (AvgIpc) is 2.39. The number of morpholine rings is 1. The van der Waals surface area contributed by atoms with E-state index in [1.807, 2.05) is 17.0 Å². The van der Waals surface area contributed by atoms with Gasteiger partial charge in [-0.1, -0.05) is 0 Å².